The van der Waals surface area contributed by atoms with Crippen LogP contribution in [0.15, 0.2) is 17.5 Å². The smallest absolute Gasteiger partial charge is 0.139 e. The minimum absolute atomic E-state index is 0.841. The van der Waals surface area contributed by atoms with Crippen molar-refractivity contribution in [3.8, 4) is 0 Å². The lowest BCUT2D eigenvalue weighted by atomic mass is 9.97. The molecule has 1 aliphatic carbocycles. The molecule has 4 rings (SSSR count). The zero-order valence-corrected chi connectivity index (χ0v) is 13.6. The lowest BCUT2D eigenvalue weighted by Gasteiger charge is -2.12. The second-order valence-electron chi connectivity index (χ2n) is 5.44. The average Bonchev–Trinajstić information content (AvgIpc) is 3.11. The molecule has 0 unspecified atom stereocenters. The van der Waals surface area contributed by atoms with E-state index in [1.165, 1.54) is 46.4 Å². The Morgan fingerprint density at radius 1 is 1.24 bits per heavy atom. The molecule has 0 bridgehead atoms. The highest BCUT2D eigenvalue weighted by Crippen LogP contribution is 2.38. The van der Waals surface area contributed by atoms with Crippen LogP contribution in [-0.4, -0.2) is 9.97 Å². The molecule has 0 amide bonds. The first kappa shape index (κ1) is 13.2. The standard InChI is InChI=1S/C16H17N3S2/c1-10-18-15(17-9-11-5-4-8-20-11)14-12-6-2-3-7-13(12)21-16(14)19-10/h4-5,8H,2-3,6-7,9H2,1H3,(H,17,18,19). The minimum Gasteiger partial charge on any atom is -0.365 e. The summed E-state index contributed by atoms with van der Waals surface area (Å²) in [6.45, 7) is 2.82. The molecule has 0 atom stereocenters. The summed E-state index contributed by atoms with van der Waals surface area (Å²) in [5, 5.41) is 6.92. The van der Waals surface area contributed by atoms with Crippen LogP contribution in [0.2, 0.25) is 0 Å². The van der Waals surface area contributed by atoms with Gasteiger partial charge in [0.15, 0.2) is 0 Å². The maximum atomic E-state index is 4.67. The number of hydrogen-bond donors (Lipinski definition) is 1. The second kappa shape index (κ2) is 5.39. The monoisotopic (exact) mass is 315 g/mol. The molecule has 0 spiro atoms. The number of aryl methyl sites for hydroxylation is 3. The number of fused-ring (bicyclic) bond motifs is 3. The zero-order chi connectivity index (χ0) is 14.2. The molecule has 0 aliphatic heterocycles. The summed E-state index contributed by atoms with van der Waals surface area (Å²) < 4.78 is 0. The Labute approximate surface area is 132 Å². The zero-order valence-electron chi connectivity index (χ0n) is 12.0. The molecule has 0 saturated heterocycles. The molecule has 108 valence electrons. The molecule has 1 aliphatic rings. The van der Waals surface area contributed by atoms with E-state index in [4.69, 9.17) is 0 Å². The number of nitrogens with one attached hydrogen (secondary N) is 1. The highest BCUT2D eigenvalue weighted by molar-refractivity contribution is 7.19. The summed E-state index contributed by atoms with van der Waals surface area (Å²) >= 11 is 3.64. The van der Waals surface area contributed by atoms with Crippen LogP contribution in [0, 0.1) is 6.92 Å². The highest BCUT2D eigenvalue weighted by Gasteiger charge is 2.20. The van der Waals surface area contributed by atoms with Gasteiger partial charge in [0, 0.05) is 9.75 Å². The Morgan fingerprint density at radius 2 is 2.14 bits per heavy atom. The van der Waals surface area contributed by atoms with Gasteiger partial charge in [-0.3, -0.25) is 0 Å². The number of rotatable bonds is 3. The Hall–Kier alpha value is -1.46. The van der Waals surface area contributed by atoms with Crippen LogP contribution in [0.25, 0.3) is 10.2 Å². The number of anilines is 1. The van der Waals surface area contributed by atoms with Crippen molar-refractivity contribution in [2.75, 3.05) is 5.32 Å². The summed E-state index contributed by atoms with van der Waals surface area (Å²) in [4.78, 5) is 13.3. The number of aromatic nitrogens is 2. The minimum atomic E-state index is 0.841. The van der Waals surface area contributed by atoms with E-state index in [0.717, 1.165) is 23.0 Å². The predicted octanol–water partition coefficient (Wildman–Crippen LogP) is 4.55. The van der Waals surface area contributed by atoms with E-state index in [1.807, 2.05) is 18.3 Å². The van der Waals surface area contributed by atoms with Crippen LogP contribution in [0.5, 0.6) is 0 Å². The molecular weight excluding hydrogens is 298 g/mol. The van der Waals surface area contributed by atoms with Crippen LogP contribution < -0.4 is 5.32 Å². The molecule has 1 N–H and O–H groups in total. The topological polar surface area (TPSA) is 37.8 Å². The van der Waals surface area contributed by atoms with Crippen molar-refractivity contribution >= 4 is 38.7 Å². The Bertz CT molecular complexity index is 775. The predicted molar refractivity (Wildman–Crippen MR) is 90.4 cm³/mol. The number of hydrogen-bond acceptors (Lipinski definition) is 5. The van der Waals surface area contributed by atoms with Crippen LogP contribution in [0.1, 0.15) is 34.0 Å². The Morgan fingerprint density at radius 3 is 3.00 bits per heavy atom. The van der Waals surface area contributed by atoms with E-state index < -0.39 is 0 Å². The van der Waals surface area contributed by atoms with Crippen molar-refractivity contribution in [2.45, 2.75) is 39.2 Å². The third kappa shape index (κ3) is 2.45. The molecule has 3 aromatic rings. The lowest BCUT2D eigenvalue weighted by molar-refractivity contribution is 0.700. The van der Waals surface area contributed by atoms with E-state index in [9.17, 15) is 0 Å². The van der Waals surface area contributed by atoms with Crippen molar-refractivity contribution in [1.82, 2.24) is 9.97 Å². The lowest BCUT2D eigenvalue weighted by Crippen LogP contribution is -2.04. The number of thiophene rings is 2. The molecule has 3 heterocycles. The van der Waals surface area contributed by atoms with Gasteiger partial charge in [0.2, 0.25) is 0 Å². The first-order valence-electron chi connectivity index (χ1n) is 7.36. The van der Waals surface area contributed by atoms with Gasteiger partial charge < -0.3 is 5.32 Å². The van der Waals surface area contributed by atoms with Crippen molar-refractivity contribution in [3.63, 3.8) is 0 Å². The summed E-state index contributed by atoms with van der Waals surface area (Å²) in [7, 11) is 0. The fourth-order valence-corrected chi connectivity index (χ4v) is 4.93. The third-order valence-electron chi connectivity index (χ3n) is 3.94. The van der Waals surface area contributed by atoms with E-state index in [2.05, 4.69) is 32.8 Å². The third-order valence-corrected chi connectivity index (χ3v) is 6.00. The molecule has 0 radical (unpaired) electrons. The maximum Gasteiger partial charge on any atom is 0.139 e. The maximum absolute atomic E-state index is 4.67. The molecular formula is C16H17N3S2. The summed E-state index contributed by atoms with van der Waals surface area (Å²) in [5.41, 5.74) is 1.50. The van der Waals surface area contributed by atoms with E-state index in [0.29, 0.717) is 0 Å². The highest BCUT2D eigenvalue weighted by atomic mass is 32.1. The quantitative estimate of drug-likeness (QED) is 0.770. The van der Waals surface area contributed by atoms with Gasteiger partial charge in [-0.25, -0.2) is 9.97 Å². The summed E-state index contributed by atoms with van der Waals surface area (Å²) in [6, 6.07) is 4.25. The molecule has 0 fully saturated rings. The van der Waals surface area contributed by atoms with E-state index >= 15 is 0 Å². The molecule has 0 aromatic carbocycles. The largest absolute Gasteiger partial charge is 0.365 e. The summed E-state index contributed by atoms with van der Waals surface area (Å²) in [5.74, 6) is 1.88. The van der Waals surface area contributed by atoms with Crippen LogP contribution >= 0.6 is 22.7 Å². The fraction of sp³-hybridized carbons (Fsp3) is 0.375. The molecule has 0 saturated carbocycles. The van der Waals surface area contributed by atoms with Gasteiger partial charge in [0.1, 0.15) is 16.5 Å². The van der Waals surface area contributed by atoms with Gasteiger partial charge in [-0.2, -0.15) is 0 Å². The van der Waals surface area contributed by atoms with Crippen molar-refractivity contribution in [2.24, 2.45) is 0 Å². The first-order chi connectivity index (χ1) is 10.3. The van der Waals surface area contributed by atoms with Gasteiger partial charge in [-0.15, -0.1) is 22.7 Å². The Balaban J connectivity index is 1.77. The second-order valence-corrected chi connectivity index (χ2v) is 7.56. The van der Waals surface area contributed by atoms with Crippen LogP contribution in [0.4, 0.5) is 5.82 Å². The van der Waals surface area contributed by atoms with Crippen LogP contribution in [0.3, 0.4) is 0 Å². The van der Waals surface area contributed by atoms with E-state index in [-0.39, 0.29) is 0 Å². The van der Waals surface area contributed by atoms with Gasteiger partial charge in [0.05, 0.1) is 11.9 Å². The van der Waals surface area contributed by atoms with Gasteiger partial charge in [-0.05, 0) is 49.6 Å². The molecule has 3 nitrogen and oxygen atoms in total. The summed E-state index contributed by atoms with van der Waals surface area (Å²) in [6.07, 6.45) is 4.98. The Kier molecular flexibility index (Phi) is 3.39. The van der Waals surface area contributed by atoms with Gasteiger partial charge >= 0.3 is 0 Å². The van der Waals surface area contributed by atoms with Crippen molar-refractivity contribution < 1.29 is 0 Å². The van der Waals surface area contributed by atoms with Crippen molar-refractivity contribution in [1.29, 1.82) is 0 Å². The SMILES string of the molecule is Cc1nc(NCc2cccs2)c2c3c(sc2n1)CCCC3. The van der Waals surface area contributed by atoms with Gasteiger partial charge in [0.25, 0.3) is 0 Å². The normalized spacial score (nSPS) is 14.3. The average molecular weight is 315 g/mol. The van der Waals surface area contributed by atoms with E-state index in [1.54, 1.807) is 11.3 Å². The number of nitrogens with zero attached hydrogens (tertiary/aromatic N) is 2. The molecule has 3 aromatic heterocycles. The van der Waals surface area contributed by atoms with Crippen molar-refractivity contribution in [3.05, 3.63) is 38.7 Å². The molecule has 5 heteroatoms. The van der Waals surface area contributed by atoms with Gasteiger partial charge in [-0.1, -0.05) is 6.07 Å². The van der Waals surface area contributed by atoms with Crippen LogP contribution in [-0.2, 0) is 19.4 Å². The molecule has 21 heavy (non-hydrogen) atoms. The first-order valence-corrected chi connectivity index (χ1v) is 9.06. The fourth-order valence-electron chi connectivity index (χ4n) is 2.98.